The van der Waals surface area contributed by atoms with Gasteiger partial charge in [0.2, 0.25) is 0 Å². The van der Waals surface area contributed by atoms with Crippen LogP contribution in [0.4, 0.5) is 0 Å². The molecule has 2 aromatic rings. The van der Waals surface area contributed by atoms with Gasteiger partial charge in [0.25, 0.3) is 0 Å². The van der Waals surface area contributed by atoms with E-state index in [0.717, 1.165) is 11.3 Å². The number of thioether (sulfide) groups is 1. The number of aryl methyl sites for hydroxylation is 1. The van der Waals surface area contributed by atoms with Crippen LogP contribution in [0, 0.1) is 18.3 Å². The Labute approximate surface area is 120 Å². The molecule has 0 aliphatic heterocycles. The molecule has 1 aromatic carbocycles. The number of carboxylic acid groups (broad SMARTS) is 1. The van der Waals surface area contributed by atoms with Gasteiger partial charge < -0.3 is 9.67 Å². The molecule has 5 nitrogen and oxygen atoms in total. The molecule has 102 valence electrons. The number of carboxylic acids is 1. The first-order chi connectivity index (χ1) is 9.58. The molecule has 0 bridgehead atoms. The molecule has 0 aliphatic carbocycles. The maximum Gasteiger partial charge on any atom is 0.313 e. The largest absolute Gasteiger partial charge is 0.481 e. The van der Waals surface area contributed by atoms with Crippen molar-refractivity contribution < 1.29 is 9.90 Å². The van der Waals surface area contributed by atoms with Crippen LogP contribution < -0.4 is 0 Å². The lowest BCUT2D eigenvalue weighted by Crippen LogP contribution is -2.03. The summed E-state index contributed by atoms with van der Waals surface area (Å²) in [6.45, 7) is 2.44. The number of aliphatic carboxylic acids is 1. The molecule has 0 unspecified atom stereocenters. The highest BCUT2D eigenvalue weighted by Gasteiger charge is 2.09. The van der Waals surface area contributed by atoms with E-state index in [0.29, 0.717) is 17.3 Å². The highest BCUT2D eigenvalue weighted by Crippen LogP contribution is 2.19. The molecule has 1 N–H and O–H groups in total. The Hall–Kier alpha value is -2.26. The van der Waals surface area contributed by atoms with E-state index in [4.69, 9.17) is 10.4 Å². The molecule has 0 aliphatic rings. The summed E-state index contributed by atoms with van der Waals surface area (Å²) in [7, 11) is 0. The highest BCUT2D eigenvalue weighted by molar-refractivity contribution is 7.99. The summed E-state index contributed by atoms with van der Waals surface area (Å²) in [4.78, 5) is 15.0. The van der Waals surface area contributed by atoms with Gasteiger partial charge in [0, 0.05) is 12.7 Å². The normalized spacial score (nSPS) is 10.2. The predicted octanol–water partition coefficient (Wildman–Crippen LogP) is 2.29. The van der Waals surface area contributed by atoms with Crippen LogP contribution in [0.25, 0.3) is 0 Å². The molecule has 0 saturated carbocycles. The molecular formula is C14H13N3O2S. The number of aromatic nitrogens is 2. The molecule has 1 aromatic heterocycles. The fraction of sp³-hybridized carbons (Fsp3) is 0.214. The van der Waals surface area contributed by atoms with E-state index < -0.39 is 5.97 Å². The minimum Gasteiger partial charge on any atom is -0.481 e. The van der Waals surface area contributed by atoms with E-state index in [-0.39, 0.29) is 5.75 Å². The topological polar surface area (TPSA) is 78.9 Å². The molecule has 0 saturated heterocycles. The van der Waals surface area contributed by atoms with Crippen LogP contribution in [0.1, 0.15) is 16.8 Å². The summed E-state index contributed by atoms with van der Waals surface area (Å²) < 4.78 is 1.90. The summed E-state index contributed by atoms with van der Waals surface area (Å²) in [5, 5.41) is 18.3. The second-order valence-electron chi connectivity index (χ2n) is 4.29. The third-order valence-corrected chi connectivity index (χ3v) is 3.57. The van der Waals surface area contributed by atoms with E-state index in [2.05, 4.69) is 11.1 Å². The molecule has 0 atom stereocenters. The van der Waals surface area contributed by atoms with Gasteiger partial charge in [0.05, 0.1) is 23.1 Å². The molecule has 1 heterocycles. The van der Waals surface area contributed by atoms with Crippen LogP contribution in [0.15, 0.2) is 35.6 Å². The van der Waals surface area contributed by atoms with Crippen molar-refractivity contribution in [1.82, 2.24) is 9.55 Å². The number of hydrogen-bond acceptors (Lipinski definition) is 4. The maximum atomic E-state index is 10.6. The molecule has 0 radical (unpaired) electrons. The summed E-state index contributed by atoms with van der Waals surface area (Å²) in [6, 6.07) is 9.45. The summed E-state index contributed by atoms with van der Waals surface area (Å²) in [5.41, 5.74) is 2.44. The van der Waals surface area contributed by atoms with Crippen molar-refractivity contribution in [1.29, 1.82) is 5.26 Å². The Bertz CT molecular complexity index is 673. The minimum absolute atomic E-state index is 0.0192. The molecular weight excluding hydrogens is 274 g/mol. The summed E-state index contributed by atoms with van der Waals surface area (Å²) in [6.07, 6.45) is 1.88. The average molecular weight is 287 g/mol. The quantitative estimate of drug-likeness (QED) is 0.853. The molecule has 0 amide bonds. The van der Waals surface area contributed by atoms with Crippen molar-refractivity contribution in [3.05, 3.63) is 47.3 Å². The number of nitrogens with zero attached hydrogens (tertiary/aromatic N) is 3. The second kappa shape index (κ2) is 6.26. The smallest absolute Gasteiger partial charge is 0.313 e. The van der Waals surface area contributed by atoms with Gasteiger partial charge in [-0.15, -0.1) is 0 Å². The zero-order valence-electron chi connectivity index (χ0n) is 10.9. The van der Waals surface area contributed by atoms with Crippen molar-refractivity contribution in [2.45, 2.75) is 18.6 Å². The number of benzene rings is 1. The Balaban J connectivity index is 2.20. The van der Waals surface area contributed by atoms with E-state index in [1.54, 1.807) is 6.07 Å². The van der Waals surface area contributed by atoms with Crippen molar-refractivity contribution in [2.75, 3.05) is 5.75 Å². The van der Waals surface area contributed by atoms with Crippen LogP contribution in [0.2, 0.25) is 0 Å². The van der Waals surface area contributed by atoms with Gasteiger partial charge >= 0.3 is 5.97 Å². The Morgan fingerprint density at radius 3 is 3.05 bits per heavy atom. The van der Waals surface area contributed by atoms with Gasteiger partial charge in [-0.1, -0.05) is 23.9 Å². The van der Waals surface area contributed by atoms with Crippen LogP contribution in [-0.4, -0.2) is 26.4 Å². The highest BCUT2D eigenvalue weighted by atomic mass is 32.2. The van der Waals surface area contributed by atoms with Gasteiger partial charge in [-0.25, -0.2) is 4.98 Å². The molecule has 6 heteroatoms. The van der Waals surface area contributed by atoms with Crippen molar-refractivity contribution in [2.24, 2.45) is 0 Å². The number of imidazole rings is 1. The first kappa shape index (κ1) is 14.2. The monoisotopic (exact) mass is 287 g/mol. The number of nitriles is 1. The van der Waals surface area contributed by atoms with E-state index in [1.807, 2.05) is 35.9 Å². The van der Waals surface area contributed by atoms with Gasteiger partial charge in [0.1, 0.15) is 0 Å². The standard InChI is InChI=1S/C14H13N3O2S/c1-10-7-17(14(16-10)20-9-13(18)19)8-12-4-2-3-11(5-12)6-15/h2-5,7H,8-9H2,1H3,(H,18,19). The van der Waals surface area contributed by atoms with Crippen LogP contribution in [0.5, 0.6) is 0 Å². The average Bonchev–Trinajstić information content (AvgIpc) is 2.76. The molecule has 0 fully saturated rings. The van der Waals surface area contributed by atoms with Gasteiger partial charge in [-0.2, -0.15) is 5.26 Å². The summed E-state index contributed by atoms with van der Waals surface area (Å²) >= 11 is 1.19. The lowest BCUT2D eigenvalue weighted by atomic mass is 10.1. The molecule has 0 spiro atoms. The SMILES string of the molecule is Cc1cn(Cc2cccc(C#N)c2)c(SCC(=O)O)n1. The zero-order valence-corrected chi connectivity index (χ0v) is 11.7. The van der Waals surface area contributed by atoms with Gasteiger partial charge in [-0.05, 0) is 24.6 Å². The summed E-state index contributed by atoms with van der Waals surface area (Å²) in [5.74, 6) is -0.886. The maximum absolute atomic E-state index is 10.6. The minimum atomic E-state index is -0.867. The first-order valence-corrected chi connectivity index (χ1v) is 6.94. The lowest BCUT2D eigenvalue weighted by Gasteiger charge is -2.07. The van der Waals surface area contributed by atoms with Gasteiger partial charge in [0.15, 0.2) is 5.16 Å². The third-order valence-electron chi connectivity index (χ3n) is 2.59. The Morgan fingerprint density at radius 1 is 1.55 bits per heavy atom. The fourth-order valence-electron chi connectivity index (χ4n) is 1.82. The van der Waals surface area contributed by atoms with Crippen molar-refractivity contribution in [3.63, 3.8) is 0 Å². The zero-order chi connectivity index (χ0) is 14.5. The van der Waals surface area contributed by atoms with Crippen LogP contribution in [0.3, 0.4) is 0 Å². The van der Waals surface area contributed by atoms with Gasteiger partial charge in [-0.3, -0.25) is 4.79 Å². The Kier molecular flexibility index (Phi) is 4.43. The number of hydrogen-bond donors (Lipinski definition) is 1. The first-order valence-electron chi connectivity index (χ1n) is 5.96. The number of carbonyl (C=O) groups is 1. The van der Waals surface area contributed by atoms with Crippen LogP contribution in [-0.2, 0) is 11.3 Å². The lowest BCUT2D eigenvalue weighted by molar-refractivity contribution is -0.133. The molecule has 20 heavy (non-hydrogen) atoms. The van der Waals surface area contributed by atoms with Crippen molar-refractivity contribution in [3.8, 4) is 6.07 Å². The fourth-order valence-corrected chi connectivity index (χ4v) is 2.56. The van der Waals surface area contributed by atoms with Crippen LogP contribution >= 0.6 is 11.8 Å². The van der Waals surface area contributed by atoms with Crippen molar-refractivity contribution >= 4 is 17.7 Å². The third kappa shape index (κ3) is 3.62. The molecule has 2 rings (SSSR count). The van der Waals surface area contributed by atoms with E-state index in [9.17, 15) is 4.79 Å². The van der Waals surface area contributed by atoms with E-state index in [1.165, 1.54) is 11.8 Å². The predicted molar refractivity (Wildman–Crippen MR) is 75.6 cm³/mol. The second-order valence-corrected chi connectivity index (χ2v) is 5.23. The van der Waals surface area contributed by atoms with E-state index >= 15 is 0 Å². The number of rotatable bonds is 5. The Morgan fingerprint density at radius 2 is 2.35 bits per heavy atom.